The topological polar surface area (TPSA) is 64.5 Å². The summed E-state index contributed by atoms with van der Waals surface area (Å²) in [5, 5.41) is 8.30. The molecule has 1 atom stereocenters. The molecule has 7 heteroatoms. The van der Waals surface area contributed by atoms with Crippen LogP contribution in [0.4, 0.5) is 0 Å². The maximum atomic E-state index is 13.1. The number of hydrogen-bond acceptors (Lipinski definition) is 3. The third kappa shape index (κ3) is 5.52. The van der Waals surface area contributed by atoms with Gasteiger partial charge in [-0.2, -0.15) is 5.10 Å². The summed E-state index contributed by atoms with van der Waals surface area (Å²) < 4.78 is 7.09. The number of amides is 1. The molecule has 0 aliphatic heterocycles. The Morgan fingerprint density at radius 3 is 2.70 bits per heavy atom. The fourth-order valence-corrected chi connectivity index (χ4v) is 3.71. The van der Waals surface area contributed by atoms with Gasteiger partial charge in [0.25, 0.3) is 5.91 Å². The minimum atomic E-state index is -0.164. The van der Waals surface area contributed by atoms with Gasteiger partial charge in [-0.05, 0) is 63.9 Å². The minimum absolute atomic E-state index is 0.0715. The lowest BCUT2D eigenvalue weighted by molar-refractivity contribution is -0.896. The molecule has 0 fully saturated rings. The van der Waals surface area contributed by atoms with Gasteiger partial charge in [0.2, 0.25) is 0 Å². The van der Waals surface area contributed by atoms with Crippen molar-refractivity contribution >= 4 is 17.5 Å². The molecule has 0 aliphatic rings. The molecule has 2 N–H and O–H groups in total. The fourth-order valence-electron chi connectivity index (χ4n) is 3.52. The van der Waals surface area contributed by atoms with Crippen LogP contribution in [0.2, 0.25) is 5.02 Å². The highest BCUT2D eigenvalue weighted by atomic mass is 35.5. The Hall–Kier alpha value is -2.57. The van der Waals surface area contributed by atoms with Gasteiger partial charge >= 0.3 is 0 Å². The van der Waals surface area contributed by atoms with Crippen LogP contribution < -0.4 is 10.2 Å². The molecule has 1 aromatic carbocycles. The molecule has 160 valence electrons. The summed E-state index contributed by atoms with van der Waals surface area (Å²) in [7, 11) is 0. The molecule has 6 nitrogen and oxygen atoms in total. The maximum absolute atomic E-state index is 13.1. The molecule has 0 unspecified atom stereocenters. The van der Waals surface area contributed by atoms with Gasteiger partial charge in [0.15, 0.2) is 5.76 Å². The van der Waals surface area contributed by atoms with Crippen LogP contribution in [0.15, 0.2) is 53.1 Å². The number of carbonyl (C=O) groups is 1. The van der Waals surface area contributed by atoms with Crippen LogP contribution in [-0.4, -0.2) is 41.4 Å². The van der Waals surface area contributed by atoms with E-state index in [4.69, 9.17) is 16.0 Å². The molecule has 0 bridgehead atoms. The smallest absolute Gasteiger partial charge is 0.270 e. The number of aromatic nitrogens is 2. The number of carbonyl (C=O) groups excluding carboxylic acids is 1. The quantitative estimate of drug-likeness (QED) is 0.517. The van der Waals surface area contributed by atoms with E-state index >= 15 is 0 Å². The van der Waals surface area contributed by atoms with Crippen LogP contribution in [0.5, 0.6) is 0 Å². The lowest BCUT2D eigenvalue weighted by Gasteiger charge is -2.18. The molecule has 2 aromatic heterocycles. The largest absolute Gasteiger partial charge is 0.463 e. The first-order chi connectivity index (χ1) is 14.5. The Morgan fingerprint density at radius 1 is 1.23 bits per heavy atom. The number of nitrogens with zero attached hydrogens (tertiary/aromatic N) is 2. The Labute approximate surface area is 182 Å². The SMILES string of the molecule is CC[NH+](CC)CCC[C@@H](C)NC(=O)c1cc(-c2ccco2)nn1-c1cccc(Cl)c1. The van der Waals surface area contributed by atoms with Gasteiger partial charge in [0.05, 0.1) is 31.6 Å². The van der Waals surface area contributed by atoms with Crippen LogP contribution in [-0.2, 0) is 0 Å². The van der Waals surface area contributed by atoms with E-state index in [2.05, 4.69) is 24.3 Å². The van der Waals surface area contributed by atoms with Crippen LogP contribution in [0.3, 0.4) is 0 Å². The van der Waals surface area contributed by atoms with Gasteiger partial charge in [-0.15, -0.1) is 0 Å². The molecule has 0 radical (unpaired) electrons. The molecule has 0 aliphatic carbocycles. The van der Waals surface area contributed by atoms with Gasteiger partial charge < -0.3 is 14.6 Å². The third-order valence-corrected chi connectivity index (χ3v) is 5.55. The molecule has 3 aromatic rings. The van der Waals surface area contributed by atoms with Crippen molar-refractivity contribution in [2.24, 2.45) is 0 Å². The standard InChI is InChI=1S/C23H29ClN4O2/c1-4-27(5-2)13-7-9-17(3)25-23(29)21-16-20(22-12-8-14-30-22)26-28(21)19-11-6-10-18(24)15-19/h6,8,10-12,14-17H,4-5,7,9,13H2,1-3H3,(H,25,29)/p+1/t17-/m1/s1. The number of halogens is 1. The van der Waals surface area contributed by atoms with Gasteiger partial charge in [0.1, 0.15) is 11.4 Å². The van der Waals surface area contributed by atoms with Gasteiger partial charge in [-0.1, -0.05) is 17.7 Å². The molecule has 2 heterocycles. The van der Waals surface area contributed by atoms with E-state index in [0.717, 1.165) is 38.2 Å². The summed E-state index contributed by atoms with van der Waals surface area (Å²) in [5.41, 5.74) is 1.77. The average Bonchev–Trinajstić information content (AvgIpc) is 3.41. The summed E-state index contributed by atoms with van der Waals surface area (Å²) in [6.07, 6.45) is 3.60. The van der Waals surface area contributed by atoms with Crippen LogP contribution >= 0.6 is 11.6 Å². The summed E-state index contributed by atoms with van der Waals surface area (Å²) in [6, 6.07) is 12.7. The van der Waals surface area contributed by atoms with E-state index in [9.17, 15) is 4.79 Å². The zero-order chi connectivity index (χ0) is 21.5. The van der Waals surface area contributed by atoms with Crippen molar-refractivity contribution in [3.05, 3.63) is 59.4 Å². The summed E-state index contributed by atoms with van der Waals surface area (Å²) in [5.74, 6) is 0.447. The second kappa shape index (κ2) is 10.5. The zero-order valence-electron chi connectivity index (χ0n) is 17.8. The lowest BCUT2D eigenvalue weighted by atomic mass is 10.1. The van der Waals surface area contributed by atoms with Crippen LogP contribution in [0.1, 0.15) is 44.1 Å². The summed E-state index contributed by atoms with van der Waals surface area (Å²) in [4.78, 5) is 14.7. The lowest BCUT2D eigenvalue weighted by Crippen LogP contribution is -3.11. The molecule has 30 heavy (non-hydrogen) atoms. The number of quaternary nitrogens is 1. The monoisotopic (exact) mass is 429 g/mol. The molecule has 0 saturated carbocycles. The van der Waals surface area contributed by atoms with E-state index in [0.29, 0.717) is 22.2 Å². The van der Waals surface area contributed by atoms with Crippen molar-refractivity contribution in [2.45, 2.75) is 39.7 Å². The molecular weight excluding hydrogens is 400 g/mol. The average molecular weight is 430 g/mol. The predicted molar refractivity (Wildman–Crippen MR) is 119 cm³/mol. The Bertz CT molecular complexity index is 948. The third-order valence-electron chi connectivity index (χ3n) is 5.31. The fraction of sp³-hybridized carbons (Fsp3) is 0.391. The summed E-state index contributed by atoms with van der Waals surface area (Å²) >= 11 is 6.16. The summed E-state index contributed by atoms with van der Waals surface area (Å²) in [6.45, 7) is 9.84. The van der Waals surface area contributed by atoms with E-state index in [1.165, 1.54) is 0 Å². The Morgan fingerprint density at radius 2 is 2.03 bits per heavy atom. The predicted octanol–water partition coefficient (Wildman–Crippen LogP) is 3.61. The molecular formula is C23H30ClN4O2+. The number of rotatable bonds is 10. The van der Waals surface area contributed by atoms with Crippen molar-refractivity contribution in [3.63, 3.8) is 0 Å². The second-order valence-corrected chi connectivity index (χ2v) is 7.94. The molecule has 0 saturated heterocycles. The second-order valence-electron chi connectivity index (χ2n) is 7.51. The first-order valence-corrected chi connectivity index (χ1v) is 10.9. The first kappa shape index (κ1) is 22.1. The molecule has 1 amide bonds. The van der Waals surface area contributed by atoms with Crippen molar-refractivity contribution < 1.29 is 14.1 Å². The molecule has 0 spiro atoms. The van der Waals surface area contributed by atoms with Crippen molar-refractivity contribution in [1.82, 2.24) is 15.1 Å². The van der Waals surface area contributed by atoms with E-state index in [-0.39, 0.29) is 11.9 Å². The zero-order valence-corrected chi connectivity index (χ0v) is 18.6. The van der Waals surface area contributed by atoms with Crippen molar-refractivity contribution in [1.29, 1.82) is 0 Å². The van der Waals surface area contributed by atoms with Gasteiger partial charge in [-0.25, -0.2) is 4.68 Å². The Kier molecular flexibility index (Phi) is 7.71. The van der Waals surface area contributed by atoms with Crippen molar-refractivity contribution in [2.75, 3.05) is 19.6 Å². The minimum Gasteiger partial charge on any atom is -0.463 e. The van der Waals surface area contributed by atoms with Crippen LogP contribution in [0.25, 0.3) is 17.1 Å². The highest BCUT2D eigenvalue weighted by molar-refractivity contribution is 6.30. The number of benzene rings is 1. The Balaban J connectivity index is 1.77. The van der Waals surface area contributed by atoms with E-state index in [1.807, 2.05) is 25.1 Å². The molecule has 3 rings (SSSR count). The van der Waals surface area contributed by atoms with Crippen molar-refractivity contribution in [3.8, 4) is 17.1 Å². The van der Waals surface area contributed by atoms with Crippen LogP contribution in [0, 0.1) is 0 Å². The number of furan rings is 1. The van der Waals surface area contributed by atoms with Gasteiger partial charge in [-0.3, -0.25) is 4.79 Å². The number of hydrogen-bond donors (Lipinski definition) is 2. The highest BCUT2D eigenvalue weighted by Crippen LogP contribution is 2.23. The van der Waals surface area contributed by atoms with Gasteiger partial charge in [0, 0.05) is 17.1 Å². The maximum Gasteiger partial charge on any atom is 0.270 e. The number of nitrogens with one attached hydrogen (secondary N) is 2. The first-order valence-electron chi connectivity index (χ1n) is 10.6. The highest BCUT2D eigenvalue weighted by Gasteiger charge is 2.20. The van der Waals surface area contributed by atoms with E-state index in [1.54, 1.807) is 40.1 Å². The van der Waals surface area contributed by atoms with E-state index < -0.39 is 0 Å². The normalized spacial score (nSPS) is 12.3.